The number of terminal acetylenes is 1. The molecule has 0 radical (unpaired) electrons. The van der Waals surface area contributed by atoms with Crippen molar-refractivity contribution in [1.82, 2.24) is 9.55 Å². The van der Waals surface area contributed by atoms with Gasteiger partial charge in [0.15, 0.2) is 12.4 Å². The lowest BCUT2D eigenvalue weighted by Gasteiger charge is -2.28. The molecule has 1 aliphatic rings. The zero-order chi connectivity index (χ0) is 15.6. The molecule has 3 N–H and O–H groups in total. The van der Waals surface area contributed by atoms with Crippen LogP contribution in [0.5, 0.6) is 0 Å². The summed E-state index contributed by atoms with van der Waals surface area (Å²) in [5, 5.41) is 19.2. The van der Waals surface area contributed by atoms with E-state index in [1.54, 1.807) is 0 Å². The van der Waals surface area contributed by atoms with E-state index < -0.39 is 42.1 Å². The van der Waals surface area contributed by atoms with Crippen LogP contribution < -0.4 is 11.2 Å². The van der Waals surface area contributed by atoms with Crippen LogP contribution in [0.25, 0.3) is 0 Å². The molecule has 21 heavy (non-hydrogen) atoms. The summed E-state index contributed by atoms with van der Waals surface area (Å²) >= 11 is 0. The van der Waals surface area contributed by atoms with Gasteiger partial charge in [-0.15, -0.1) is 6.42 Å². The fourth-order valence-corrected chi connectivity index (χ4v) is 2.04. The van der Waals surface area contributed by atoms with Crippen LogP contribution in [0.2, 0.25) is 0 Å². The van der Waals surface area contributed by atoms with Crippen LogP contribution in [0.3, 0.4) is 0 Å². The number of nitrogens with zero attached hydrogens (tertiary/aromatic N) is 1. The summed E-state index contributed by atoms with van der Waals surface area (Å²) in [5.74, 6) is 0.0223. The second kappa shape index (κ2) is 5.79. The van der Waals surface area contributed by atoms with Crippen molar-refractivity contribution in [2.24, 2.45) is 0 Å². The molecule has 1 fully saturated rings. The Morgan fingerprint density at radius 3 is 2.90 bits per heavy atom. The number of nitrogens with one attached hydrogen (secondary N) is 1. The number of halogens is 1. The number of H-pyrrole nitrogens is 1. The van der Waals surface area contributed by atoms with Gasteiger partial charge in [0.1, 0.15) is 19.3 Å². The van der Waals surface area contributed by atoms with Gasteiger partial charge in [0.2, 0.25) is 5.79 Å². The van der Waals surface area contributed by atoms with Gasteiger partial charge in [-0.2, -0.15) is 0 Å². The van der Waals surface area contributed by atoms with E-state index in [0.29, 0.717) is 0 Å². The molecule has 0 aliphatic carbocycles. The third kappa shape index (κ3) is 2.62. The molecule has 1 aliphatic heterocycles. The molecule has 1 aromatic rings. The highest BCUT2D eigenvalue weighted by Crippen LogP contribution is 2.38. The molecule has 0 aromatic carbocycles. The zero-order valence-electron chi connectivity index (χ0n) is 10.7. The minimum atomic E-state index is -2.08. The molecule has 0 bridgehead atoms. The first-order valence-electron chi connectivity index (χ1n) is 5.95. The van der Waals surface area contributed by atoms with Gasteiger partial charge in [-0.3, -0.25) is 14.3 Å². The molecule has 0 amide bonds. The maximum Gasteiger partial charge on any atom is 0.330 e. The fourth-order valence-electron chi connectivity index (χ4n) is 2.04. The number of aliphatic hydroxyl groups excluding tert-OH is 2. The molecule has 0 saturated carbocycles. The third-order valence-corrected chi connectivity index (χ3v) is 3.09. The molecule has 1 aromatic heterocycles. The highest BCUT2D eigenvalue weighted by molar-refractivity contribution is 4.98. The Hall–Kier alpha value is -1.99. The summed E-state index contributed by atoms with van der Waals surface area (Å²) in [6, 6.07) is 0.991. The van der Waals surface area contributed by atoms with Crippen molar-refractivity contribution in [3.8, 4) is 12.3 Å². The van der Waals surface area contributed by atoms with Crippen molar-refractivity contribution in [3.05, 3.63) is 33.1 Å². The number of aromatic nitrogens is 2. The van der Waals surface area contributed by atoms with Crippen molar-refractivity contribution < 1.29 is 24.1 Å². The van der Waals surface area contributed by atoms with E-state index in [9.17, 15) is 24.2 Å². The van der Waals surface area contributed by atoms with Crippen LogP contribution >= 0.6 is 0 Å². The number of aromatic amines is 1. The Morgan fingerprint density at radius 1 is 1.62 bits per heavy atom. The molecule has 0 unspecified atom stereocenters. The molecule has 1 saturated heterocycles. The topological polar surface area (TPSA) is 114 Å². The number of rotatable bonds is 4. The van der Waals surface area contributed by atoms with E-state index in [1.165, 1.54) is 0 Å². The van der Waals surface area contributed by atoms with Crippen molar-refractivity contribution >= 4 is 0 Å². The second-order valence-corrected chi connectivity index (χ2v) is 4.38. The monoisotopic (exact) mass is 300 g/mol. The molecule has 0 spiro atoms. The van der Waals surface area contributed by atoms with Gasteiger partial charge in [0.05, 0.1) is 0 Å². The van der Waals surface area contributed by atoms with Crippen LogP contribution in [0, 0.1) is 12.3 Å². The van der Waals surface area contributed by atoms with E-state index in [2.05, 4.69) is 5.92 Å². The number of ether oxygens (including phenoxy) is 2. The minimum absolute atomic E-state index is 0.336. The predicted octanol–water partition coefficient (Wildman–Crippen LogP) is -1.90. The standard InChI is InChI=1S/C12H13FN2O6/c1-2-5-20-12(6-16)9(18)8(13)10(21-12)15-4-3-7(17)14-11(15)19/h1,3-4,8-10,16,18H,5-6H2,(H,14,17,19)/t8-,9+,10-,12-/m1/s1. The highest BCUT2D eigenvalue weighted by atomic mass is 19.1. The third-order valence-electron chi connectivity index (χ3n) is 3.09. The summed E-state index contributed by atoms with van der Waals surface area (Å²) in [4.78, 5) is 24.6. The van der Waals surface area contributed by atoms with E-state index in [4.69, 9.17) is 15.9 Å². The van der Waals surface area contributed by atoms with Crippen LogP contribution in [-0.4, -0.2) is 51.0 Å². The molecule has 114 valence electrons. The first-order valence-corrected chi connectivity index (χ1v) is 5.95. The Kier molecular flexibility index (Phi) is 4.24. The van der Waals surface area contributed by atoms with Crippen molar-refractivity contribution in [3.63, 3.8) is 0 Å². The van der Waals surface area contributed by atoms with E-state index in [0.717, 1.165) is 16.8 Å². The molecule has 9 heteroatoms. The average molecular weight is 300 g/mol. The Morgan fingerprint density at radius 2 is 2.33 bits per heavy atom. The van der Waals surface area contributed by atoms with Crippen LogP contribution in [0.15, 0.2) is 21.9 Å². The Balaban J connectivity index is 2.37. The van der Waals surface area contributed by atoms with Gasteiger partial charge in [0, 0.05) is 12.3 Å². The quantitative estimate of drug-likeness (QED) is 0.560. The maximum absolute atomic E-state index is 14.2. The predicted molar refractivity (Wildman–Crippen MR) is 66.9 cm³/mol. The van der Waals surface area contributed by atoms with Crippen LogP contribution in [0.4, 0.5) is 4.39 Å². The molecule has 4 atom stereocenters. The summed E-state index contributed by atoms with van der Waals surface area (Å²) in [5.41, 5.74) is -1.59. The molecule has 2 rings (SSSR count). The van der Waals surface area contributed by atoms with Crippen molar-refractivity contribution in [1.29, 1.82) is 0 Å². The SMILES string of the molecule is C#CCO[C@]1(CO)O[C@@H](n2ccc(=O)[nH]c2=O)[C@H](F)[C@@H]1O. The maximum atomic E-state index is 14.2. The highest BCUT2D eigenvalue weighted by Gasteiger charge is 2.57. The van der Waals surface area contributed by atoms with Crippen LogP contribution in [0.1, 0.15) is 6.23 Å². The number of aliphatic hydroxyl groups is 2. The molecule has 2 heterocycles. The van der Waals surface area contributed by atoms with Gasteiger partial charge >= 0.3 is 5.69 Å². The lowest BCUT2D eigenvalue weighted by Crippen LogP contribution is -2.48. The Labute approximate surface area is 117 Å². The van der Waals surface area contributed by atoms with Gasteiger partial charge in [0.25, 0.3) is 5.56 Å². The van der Waals surface area contributed by atoms with Gasteiger partial charge in [-0.1, -0.05) is 5.92 Å². The number of hydrogen-bond acceptors (Lipinski definition) is 6. The van der Waals surface area contributed by atoms with Gasteiger partial charge < -0.3 is 19.7 Å². The van der Waals surface area contributed by atoms with Gasteiger partial charge in [-0.05, 0) is 0 Å². The molecule has 8 nitrogen and oxygen atoms in total. The average Bonchev–Trinajstić information content (AvgIpc) is 2.71. The van der Waals surface area contributed by atoms with Crippen molar-refractivity contribution in [2.45, 2.75) is 24.3 Å². The van der Waals surface area contributed by atoms with Crippen molar-refractivity contribution in [2.75, 3.05) is 13.2 Å². The Bertz CT molecular complexity index is 665. The first kappa shape index (κ1) is 15.4. The molecular formula is C12H13FN2O6. The van der Waals surface area contributed by atoms with Crippen LogP contribution in [-0.2, 0) is 9.47 Å². The fraction of sp³-hybridized carbons (Fsp3) is 0.500. The lowest BCUT2D eigenvalue weighted by atomic mass is 10.1. The minimum Gasteiger partial charge on any atom is -0.391 e. The second-order valence-electron chi connectivity index (χ2n) is 4.38. The first-order chi connectivity index (χ1) is 9.95. The van der Waals surface area contributed by atoms with Gasteiger partial charge in [-0.25, -0.2) is 9.18 Å². The molecular weight excluding hydrogens is 287 g/mol. The largest absolute Gasteiger partial charge is 0.391 e. The summed E-state index contributed by atoms with van der Waals surface area (Å²) in [6.45, 7) is -1.21. The van der Waals surface area contributed by atoms with E-state index >= 15 is 0 Å². The summed E-state index contributed by atoms with van der Waals surface area (Å²) in [6.07, 6.45) is 0.511. The number of hydrogen-bond donors (Lipinski definition) is 3. The summed E-state index contributed by atoms with van der Waals surface area (Å²) < 4.78 is 25.1. The smallest absolute Gasteiger partial charge is 0.330 e. The van der Waals surface area contributed by atoms with E-state index in [-0.39, 0.29) is 6.61 Å². The zero-order valence-corrected chi connectivity index (χ0v) is 10.7. The van der Waals surface area contributed by atoms with E-state index in [1.807, 2.05) is 4.98 Å². The summed E-state index contributed by atoms with van der Waals surface area (Å²) in [7, 11) is 0. The lowest BCUT2D eigenvalue weighted by molar-refractivity contribution is -0.276. The number of alkyl halides is 1. The normalized spacial score (nSPS) is 32.0.